The third-order valence-corrected chi connectivity index (χ3v) is 3.32. The van der Waals surface area contributed by atoms with Crippen molar-refractivity contribution in [2.75, 3.05) is 11.9 Å². The van der Waals surface area contributed by atoms with Crippen LogP contribution in [0.4, 0.5) is 5.82 Å². The largest absolute Gasteiger partial charge is 0.365 e. The highest BCUT2D eigenvalue weighted by Crippen LogP contribution is 2.19. The van der Waals surface area contributed by atoms with Gasteiger partial charge in [-0.2, -0.15) is 0 Å². The van der Waals surface area contributed by atoms with E-state index in [9.17, 15) is 4.79 Å². The molecule has 0 saturated carbocycles. The van der Waals surface area contributed by atoms with E-state index in [0.717, 1.165) is 0 Å². The van der Waals surface area contributed by atoms with Crippen molar-refractivity contribution in [2.24, 2.45) is 5.73 Å². The van der Waals surface area contributed by atoms with Crippen molar-refractivity contribution in [3.63, 3.8) is 0 Å². The molecule has 4 nitrogen and oxygen atoms in total. The van der Waals surface area contributed by atoms with E-state index in [1.54, 1.807) is 18.3 Å². The molecule has 1 heterocycles. The van der Waals surface area contributed by atoms with E-state index in [1.165, 1.54) is 16.7 Å². The van der Waals surface area contributed by atoms with Crippen molar-refractivity contribution in [1.82, 2.24) is 4.98 Å². The first-order valence-electron chi connectivity index (χ1n) is 6.51. The number of hydrogen-bond acceptors (Lipinski definition) is 3. The molecule has 1 aromatic carbocycles. The first-order chi connectivity index (χ1) is 9.49. The van der Waals surface area contributed by atoms with Crippen LogP contribution in [-0.2, 0) is 6.54 Å². The fourth-order valence-corrected chi connectivity index (χ4v) is 2.25. The second-order valence-electron chi connectivity index (χ2n) is 5.02. The summed E-state index contributed by atoms with van der Waals surface area (Å²) in [6, 6.07) is 9.76. The van der Waals surface area contributed by atoms with E-state index in [-0.39, 0.29) is 0 Å². The summed E-state index contributed by atoms with van der Waals surface area (Å²) in [5, 5.41) is 0. The number of aromatic nitrogens is 1. The number of carbonyl (C=O) groups is 1. The molecule has 0 fully saturated rings. The Kier molecular flexibility index (Phi) is 4.03. The van der Waals surface area contributed by atoms with Crippen molar-refractivity contribution in [3.8, 4) is 0 Å². The van der Waals surface area contributed by atoms with Crippen molar-refractivity contribution in [1.29, 1.82) is 0 Å². The number of amides is 1. The summed E-state index contributed by atoms with van der Waals surface area (Å²) >= 11 is 0. The van der Waals surface area contributed by atoms with Gasteiger partial charge in [-0.25, -0.2) is 4.98 Å². The maximum absolute atomic E-state index is 11.4. The van der Waals surface area contributed by atoms with E-state index in [0.29, 0.717) is 17.9 Å². The molecule has 0 bridgehead atoms. The van der Waals surface area contributed by atoms with Gasteiger partial charge in [0, 0.05) is 19.8 Å². The minimum atomic E-state index is -0.458. The second kappa shape index (κ2) is 5.74. The zero-order chi connectivity index (χ0) is 14.7. The van der Waals surface area contributed by atoms with Gasteiger partial charge < -0.3 is 10.6 Å². The lowest BCUT2D eigenvalue weighted by molar-refractivity contribution is 0.100. The molecular formula is C16H19N3O. The molecule has 4 heteroatoms. The Hall–Kier alpha value is -2.36. The van der Waals surface area contributed by atoms with Crippen LogP contribution < -0.4 is 10.6 Å². The molecule has 2 aromatic rings. The lowest BCUT2D eigenvalue weighted by Crippen LogP contribution is -2.23. The van der Waals surface area contributed by atoms with Gasteiger partial charge in [-0.05, 0) is 37.1 Å². The van der Waals surface area contributed by atoms with Crippen molar-refractivity contribution < 1.29 is 4.79 Å². The van der Waals surface area contributed by atoms with Gasteiger partial charge in [-0.1, -0.05) is 23.8 Å². The molecular weight excluding hydrogens is 250 g/mol. The van der Waals surface area contributed by atoms with Crippen LogP contribution in [-0.4, -0.2) is 17.9 Å². The Bertz CT molecular complexity index is 637. The number of primary amides is 1. The van der Waals surface area contributed by atoms with Gasteiger partial charge in [-0.15, -0.1) is 0 Å². The second-order valence-corrected chi connectivity index (χ2v) is 5.02. The number of carbonyl (C=O) groups excluding carboxylic acids is 1. The average molecular weight is 269 g/mol. The number of nitrogens with two attached hydrogens (primary N) is 1. The molecule has 2 rings (SSSR count). The number of benzene rings is 1. The molecule has 0 atom stereocenters. The van der Waals surface area contributed by atoms with Crippen LogP contribution in [0.2, 0.25) is 0 Å². The minimum Gasteiger partial charge on any atom is -0.365 e. The Morgan fingerprint density at radius 2 is 2.05 bits per heavy atom. The number of pyridine rings is 1. The predicted molar refractivity (Wildman–Crippen MR) is 80.8 cm³/mol. The molecule has 1 aromatic heterocycles. The number of rotatable bonds is 4. The summed E-state index contributed by atoms with van der Waals surface area (Å²) in [5.74, 6) is 0.153. The monoisotopic (exact) mass is 269 g/mol. The van der Waals surface area contributed by atoms with Crippen LogP contribution in [0.5, 0.6) is 0 Å². The zero-order valence-corrected chi connectivity index (χ0v) is 12.1. The lowest BCUT2D eigenvalue weighted by Gasteiger charge is -2.21. The topological polar surface area (TPSA) is 59.2 Å². The van der Waals surface area contributed by atoms with Gasteiger partial charge >= 0.3 is 0 Å². The fraction of sp³-hybridized carbons (Fsp3) is 0.250. The highest BCUT2D eigenvalue weighted by Gasteiger charge is 2.13. The summed E-state index contributed by atoms with van der Waals surface area (Å²) in [5.41, 5.74) is 9.51. The molecule has 0 aliphatic heterocycles. The average Bonchev–Trinajstić information content (AvgIpc) is 2.41. The van der Waals surface area contributed by atoms with Gasteiger partial charge in [0.1, 0.15) is 5.82 Å². The predicted octanol–water partition coefficient (Wildman–Crippen LogP) is 2.43. The molecule has 0 aliphatic rings. The van der Waals surface area contributed by atoms with Crippen LogP contribution in [0.15, 0.2) is 36.5 Å². The Balaban J connectivity index is 2.28. The van der Waals surface area contributed by atoms with Crippen LogP contribution in [0.1, 0.15) is 27.0 Å². The number of nitrogens with zero attached hydrogens (tertiary/aromatic N) is 2. The van der Waals surface area contributed by atoms with Crippen molar-refractivity contribution >= 4 is 11.7 Å². The molecule has 104 valence electrons. The molecule has 20 heavy (non-hydrogen) atoms. The van der Waals surface area contributed by atoms with Crippen LogP contribution in [0, 0.1) is 13.8 Å². The maximum atomic E-state index is 11.4. The molecule has 1 amide bonds. The lowest BCUT2D eigenvalue weighted by atomic mass is 10.1. The summed E-state index contributed by atoms with van der Waals surface area (Å²) in [7, 11) is 1.91. The van der Waals surface area contributed by atoms with Crippen molar-refractivity contribution in [3.05, 3.63) is 58.8 Å². The highest BCUT2D eigenvalue weighted by molar-refractivity contribution is 5.97. The standard InChI is InChI=1S/C16H19N3O/c1-11-6-7-13(12(2)9-11)10-19(3)16-14(15(17)20)5-4-8-18-16/h4-9H,10H2,1-3H3,(H2,17,20). The Morgan fingerprint density at radius 3 is 2.70 bits per heavy atom. The van der Waals surface area contributed by atoms with Gasteiger partial charge in [0.25, 0.3) is 5.91 Å². The SMILES string of the molecule is Cc1ccc(CN(C)c2ncccc2C(N)=O)c(C)c1. The van der Waals surface area contributed by atoms with Gasteiger partial charge in [0.05, 0.1) is 5.56 Å². The van der Waals surface area contributed by atoms with Gasteiger partial charge in [0.2, 0.25) is 0 Å². The molecule has 0 spiro atoms. The number of aryl methyl sites for hydroxylation is 2. The van der Waals surface area contributed by atoms with E-state index in [4.69, 9.17) is 5.73 Å². The third kappa shape index (κ3) is 2.96. The number of anilines is 1. The van der Waals surface area contributed by atoms with Gasteiger partial charge in [0.15, 0.2) is 0 Å². The van der Waals surface area contributed by atoms with Crippen LogP contribution >= 0.6 is 0 Å². The summed E-state index contributed by atoms with van der Waals surface area (Å²) < 4.78 is 0. The van der Waals surface area contributed by atoms with E-state index < -0.39 is 5.91 Å². The summed E-state index contributed by atoms with van der Waals surface area (Å²) in [4.78, 5) is 17.7. The number of hydrogen-bond donors (Lipinski definition) is 1. The Morgan fingerprint density at radius 1 is 1.30 bits per heavy atom. The smallest absolute Gasteiger partial charge is 0.252 e. The van der Waals surface area contributed by atoms with Crippen LogP contribution in [0.3, 0.4) is 0 Å². The molecule has 0 aliphatic carbocycles. The van der Waals surface area contributed by atoms with E-state index >= 15 is 0 Å². The quantitative estimate of drug-likeness (QED) is 0.927. The molecule has 2 N–H and O–H groups in total. The molecule has 0 unspecified atom stereocenters. The van der Waals surface area contributed by atoms with Crippen LogP contribution in [0.25, 0.3) is 0 Å². The molecule has 0 radical (unpaired) electrons. The van der Waals surface area contributed by atoms with Gasteiger partial charge in [-0.3, -0.25) is 4.79 Å². The fourth-order valence-electron chi connectivity index (χ4n) is 2.25. The minimum absolute atomic E-state index is 0.444. The van der Waals surface area contributed by atoms with E-state index in [1.807, 2.05) is 11.9 Å². The third-order valence-electron chi connectivity index (χ3n) is 3.32. The Labute approximate surface area is 119 Å². The van der Waals surface area contributed by atoms with Crippen molar-refractivity contribution in [2.45, 2.75) is 20.4 Å². The summed E-state index contributed by atoms with van der Waals surface area (Å²) in [6.45, 7) is 4.84. The highest BCUT2D eigenvalue weighted by atomic mass is 16.1. The maximum Gasteiger partial charge on any atom is 0.252 e. The summed E-state index contributed by atoms with van der Waals surface area (Å²) in [6.07, 6.45) is 1.67. The van der Waals surface area contributed by atoms with E-state index in [2.05, 4.69) is 37.0 Å². The normalized spacial score (nSPS) is 10.3. The molecule has 0 saturated heterocycles. The first kappa shape index (κ1) is 14.1. The first-order valence-corrected chi connectivity index (χ1v) is 6.51. The zero-order valence-electron chi connectivity index (χ0n) is 12.1.